The summed E-state index contributed by atoms with van der Waals surface area (Å²) >= 11 is 5.70. The molecule has 1 aromatic rings. The number of hydrogen-bond acceptors (Lipinski definition) is 2. The van der Waals surface area contributed by atoms with E-state index in [0.717, 1.165) is 31.9 Å². The fourth-order valence-electron chi connectivity index (χ4n) is 1.73. The molecule has 0 amide bonds. The Kier molecular flexibility index (Phi) is 2.81. The van der Waals surface area contributed by atoms with Gasteiger partial charge in [-0.1, -0.05) is 6.07 Å². The van der Waals surface area contributed by atoms with Crippen LogP contribution in [0.3, 0.4) is 0 Å². The molecule has 2 rings (SSSR count). The van der Waals surface area contributed by atoms with E-state index in [1.807, 2.05) is 12.3 Å². The summed E-state index contributed by atoms with van der Waals surface area (Å²) in [6.07, 6.45) is 2.93. The zero-order valence-electron chi connectivity index (χ0n) is 7.54. The largest absolute Gasteiger partial charge is 0.297 e. The van der Waals surface area contributed by atoms with Crippen LogP contribution in [-0.2, 0) is 13.0 Å². The van der Waals surface area contributed by atoms with Gasteiger partial charge in [0.15, 0.2) is 0 Å². The molecule has 70 valence electrons. The van der Waals surface area contributed by atoms with Crippen LogP contribution in [-0.4, -0.2) is 28.9 Å². The summed E-state index contributed by atoms with van der Waals surface area (Å²) in [6, 6.07) is 4.16. The second-order valence-corrected chi connectivity index (χ2v) is 3.70. The van der Waals surface area contributed by atoms with Crippen LogP contribution < -0.4 is 0 Å². The van der Waals surface area contributed by atoms with E-state index in [0.29, 0.717) is 0 Å². The number of aromatic nitrogens is 1. The lowest BCUT2D eigenvalue weighted by Crippen LogP contribution is -2.32. The van der Waals surface area contributed by atoms with Gasteiger partial charge in [0.25, 0.3) is 0 Å². The van der Waals surface area contributed by atoms with E-state index in [1.165, 1.54) is 11.3 Å². The molecule has 0 atom stereocenters. The van der Waals surface area contributed by atoms with Gasteiger partial charge >= 0.3 is 0 Å². The molecule has 0 saturated heterocycles. The highest BCUT2D eigenvalue weighted by atomic mass is 35.5. The second kappa shape index (κ2) is 4.07. The van der Waals surface area contributed by atoms with Gasteiger partial charge in [0.05, 0.1) is 0 Å². The van der Waals surface area contributed by atoms with Gasteiger partial charge < -0.3 is 0 Å². The van der Waals surface area contributed by atoms with Crippen molar-refractivity contribution in [2.75, 3.05) is 19.0 Å². The van der Waals surface area contributed by atoms with Crippen LogP contribution in [0.5, 0.6) is 0 Å². The number of rotatable bonds is 2. The third-order valence-corrected chi connectivity index (χ3v) is 2.61. The summed E-state index contributed by atoms with van der Waals surface area (Å²) in [7, 11) is 0. The first-order chi connectivity index (χ1) is 6.40. The number of nitrogens with zero attached hydrogens (tertiary/aromatic N) is 2. The first-order valence-electron chi connectivity index (χ1n) is 4.61. The van der Waals surface area contributed by atoms with Crippen LogP contribution in [0, 0.1) is 0 Å². The van der Waals surface area contributed by atoms with Crippen LogP contribution in [0.1, 0.15) is 11.3 Å². The lowest BCUT2D eigenvalue weighted by atomic mass is 10.1. The molecule has 0 unspecified atom stereocenters. The van der Waals surface area contributed by atoms with Gasteiger partial charge in [-0.05, 0) is 11.6 Å². The molecular formula is C10H13ClN2. The Bertz CT molecular complexity index is 288. The molecule has 0 bridgehead atoms. The van der Waals surface area contributed by atoms with Crippen molar-refractivity contribution in [3.8, 4) is 0 Å². The summed E-state index contributed by atoms with van der Waals surface area (Å²) < 4.78 is 0. The molecule has 2 nitrogen and oxygen atoms in total. The van der Waals surface area contributed by atoms with Crippen molar-refractivity contribution < 1.29 is 0 Å². The third-order valence-electron chi connectivity index (χ3n) is 2.44. The fraction of sp³-hybridized carbons (Fsp3) is 0.500. The van der Waals surface area contributed by atoms with Gasteiger partial charge in [0, 0.05) is 43.8 Å². The smallest absolute Gasteiger partial charge is 0.0461 e. The lowest BCUT2D eigenvalue weighted by Gasteiger charge is -2.26. The monoisotopic (exact) mass is 196 g/mol. The highest BCUT2D eigenvalue weighted by molar-refractivity contribution is 6.18. The minimum atomic E-state index is 0.718. The number of hydrogen-bond donors (Lipinski definition) is 0. The van der Waals surface area contributed by atoms with Gasteiger partial charge in [0.1, 0.15) is 0 Å². The molecule has 0 aromatic carbocycles. The Morgan fingerprint density at radius 2 is 2.46 bits per heavy atom. The zero-order valence-corrected chi connectivity index (χ0v) is 8.30. The zero-order chi connectivity index (χ0) is 9.10. The summed E-state index contributed by atoms with van der Waals surface area (Å²) in [5, 5.41) is 0. The molecular weight excluding hydrogens is 184 g/mol. The molecule has 0 saturated carbocycles. The van der Waals surface area contributed by atoms with E-state index in [-0.39, 0.29) is 0 Å². The van der Waals surface area contributed by atoms with E-state index in [9.17, 15) is 0 Å². The van der Waals surface area contributed by atoms with Crippen LogP contribution in [0.25, 0.3) is 0 Å². The van der Waals surface area contributed by atoms with Crippen LogP contribution in [0.2, 0.25) is 0 Å². The number of halogens is 1. The van der Waals surface area contributed by atoms with Gasteiger partial charge in [-0.2, -0.15) is 0 Å². The molecule has 2 heterocycles. The van der Waals surface area contributed by atoms with Crippen molar-refractivity contribution in [2.24, 2.45) is 0 Å². The Balaban J connectivity index is 2.11. The Labute approximate surface area is 83.5 Å². The molecule has 1 aliphatic rings. The quantitative estimate of drug-likeness (QED) is 0.670. The molecule has 1 aromatic heterocycles. The van der Waals surface area contributed by atoms with Gasteiger partial charge in [-0.3, -0.25) is 9.88 Å². The van der Waals surface area contributed by atoms with Crippen molar-refractivity contribution in [3.63, 3.8) is 0 Å². The molecule has 3 heteroatoms. The fourth-order valence-corrected chi connectivity index (χ4v) is 1.97. The van der Waals surface area contributed by atoms with Gasteiger partial charge in [-0.15, -0.1) is 11.6 Å². The van der Waals surface area contributed by atoms with Gasteiger partial charge in [0.2, 0.25) is 0 Å². The predicted molar refractivity (Wildman–Crippen MR) is 53.9 cm³/mol. The molecule has 0 aliphatic carbocycles. The number of fused-ring (bicyclic) bond motifs is 1. The summed E-state index contributed by atoms with van der Waals surface area (Å²) in [5.74, 6) is 0.718. The SMILES string of the molecule is ClCCN1CCc2ncccc2C1. The van der Waals surface area contributed by atoms with Crippen molar-refractivity contribution >= 4 is 11.6 Å². The van der Waals surface area contributed by atoms with Crippen LogP contribution in [0.15, 0.2) is 18.3 Å². The number of pyridine rings is 1. The molecule has 0 spiro atoms. The Morgan fingerprint density at radius 1 is 1.54 bits per heavy atom. The van der Waals surface area contributed by atoms with E-state index < -0.39 is 0 Å². The average molecular weight is 197 g/mol. The van der Waals surface area contributed by atoms with E-state index in [1.54, 1.807) is 0 Å². The second-order valence-electron chi connectivity index (χ2n) is 3.32. The molecule has 0 N–H and O–H groups in total. The van der Waals surface area contributed by atoms with E-state index >= 15 is 0 Å². The van der Waals surface area contributed by atoms with Crippen LogP contribution in [0.4, 0.5) is 0 Å². The normalized spacial score (nSPS) is 17.0. The summed E-state index contributed by atoms with van der Waals surface area (Å²) in [5.41, 5.74) is 2.62. The maximum absolute atomic E-state index is 5.70. The Hall–Kier alpha value is -0.600. The van der Waals surface area contributed by atoms with Crippen molar-refractivity contribution in [2.45, 2.75) is 13.0 Å². The minimum absolute atomic E-state index is 0.718. The Morgan fingerprint density at radius 3 is 3.31 bits per heavy atom. The summed E-state index contributed by atoms with van der Waals surface area (Å²) in [6.45, 7) is 3.09. The predicted octanol–water partition coefficient (Wildman–Crippen LogP) is 1.68. The molecule has 0 fully saturated rings. The number of alkyl halides is 1. The van der Waals surface area contributed by atoms with Gasteiger partial charge in [-0.25, -0.2) is 0 Å². The van der Waals surface area contributed by atoms with E-state index in [2.05, 4.69) is 16.0 Å². The summed E-state index contributed by atoms with van der Waals surface area (Å²) in [4.78, 5) is 6.73. The van der Waals surface area contributed by atoms with Crippen molar-refractivity contribution in [1.82, 2.24) is 9.88 Å². The van der Waals surface area contributed by atoms with Crippen molar-refractivity contribution in [3.05, 3.63) is 29.6 Å². The average Bonchev–Trinajstić information content (AvgIpc) is 2.18. The maximum Gasteiger partial charge on any atom is 0.0461 e. The first kappa shape index (κ1) is 8.97. The topological polar surface area (TPSA) is 16.1 Å². The van der Waals surface area contributed by atoms with Crippen molar-refractivity contribution in [1.29, 1.82) is 0 Å². The first-order valence-corrected chi connectivity index (χ1v) is 5.14. The molecule has 0 radical (unpaired) electrons. The molecule has 1 aliphatic heterocycles. The maximum atomic E-state index is 5.70. The minimum Gasteiger partial charge on any atom is -0.297 e. The highest BCUT2D eigenvalue weighted by Crippen LogP contribution is 2.15. The van der Waals surface area contributed by atoms with Crippen LogP contribution >= 0.6 is 11.6 Å². The van der Waals surface area contributed by atoms with E-state index in [4.69, 9.17) is 11.6 Å². The standard InChI is InChI=1S/C10H13ClN2/c11-4-7-13-6-3-10-9(8-13)2-1-5-12-10/h1-2,5H,3-4,6-8H2. The lowest BCUT2D eigenvalue weighted by molar-refractivity contribution is 0.267. The highest BCUT2D eigenvalue weighted by Gasteiger charge is 2.15. The molecule has 13 heavy (non-hydrogen) atoms. The third kappa shape index (κ3) is 2.01.